The van der Waals surface area contributed by atoms with E-state index in [0.717, 1.165) is 48.1 Å². The Morgan fingerprint density at radius 2 is 1.95 bits per heavy atom. The molecule has 0 saturated carbocycles. The monoisotopic (exact) mass is 290 g/mol. The number of thioether (sulfide) groups is 1. The largest absolute Gasteiger partial charge is 0.368 e. The summed E-state index contributed by atoms with van der Waals surface area (Å²) in [5.74, 6) is 1.28. The van der Waals surface area contributed by atoms with E-state index in [4.69, 9.17) is 0 Å². The fourth-order valence-corrected chi connectivity index (χ4v) is 3.73. The highest BCUT2D eigenvalue weighted by molar-refractivity contribution is 7.99. The van der Waals surface area contributed by atoms with Crippen molar-refractivity contribution in [1.29, 1.82) is 0 Å². The van der Waals surface area contributed by atoms with Gasteiger partial charge in [0.05, 0.1) is 0 Å². The van der Waals surface area contributed by atoms with Crippen LogP contribution in [0.1, 0.15) is 23.7 Å². The molecule has 1 saturated heterocycles. The first kappa shape index (κ1) is 13.5. The molecule has 2 aliphatic rings. The van der Waals surface area contributed by atoms with Crippen LogP contribution in [-0.4, -0.2) is 48.5 Å². The third-order valence-corrected chi connectivity index (χ3v) is 5.02. The Bertz CT molecular complexity index is 551. The van der Waals surface area contributed by atoms with Crippen molar-refractivity contribution in [3.05, 3.63) is 23.8 Å². The van der Waals surface area contributed by atoms with E-state index >= 15 is 0 Å². The van der Waals surface area contributed by atoms with E-state index in [9.17, 15) is 9.59 Å². The van der Waals surface area contributed by atoms with Crippen molar-refractivity contribution < 1.29 is 9.59 Å². The molecule has 1 fully saturated rings. The molecule has 20 heavy (non-hydrogen) atoms. The minimum atomic E-state index is 0.140. The molecular weight excluding hydrogens is 272 g/mol. The van der Waals surface area contributed by atoms with Crippen molar-refractivity contribution in [3.63, 3.8) is 0 Å². The van der Waals surface area contributed by atoms with Crippen molar-refractivity contribution in [2.45, 2.75) is 18.2 Å². The molecule has 1 aromatic rings. The standard InChI is InChI=1S/C15H18N2O2S/c1-11(18)16-5-7-17(8-6-16)12-2-3-15-13(10-12)14(19)4-9-20-15/h2-3,10H,4-9H2,1H3. The Balaban J connectivity index is 1.77. The molecule has 2 heterocycles. The number of Topliss-reactive ketones (excluding diaryl/α,β-unsaturated/α-hetero) is 1. The number of amides is 1. The summed E-state index contributed by atoms with van der Waals surface area (Å²) in [7, 11) is 0. The first-order chi connectivity index (χ1) is 9.65. The van der Waals surface area contributed by atoms with E-state index < -0.39 is 0 Å². The second-order valence-electron chi connectivity index (χ2n) is 5.20. The molecule has 0 unspecified atom stereocenters. The molecule has 0 aliphatic carbocycles. The van der Waals surface area contributed by atoms with Crippen molar-refractivity contribution in [3.8, 4) is 0 Å². The van der Waals surface area contributed by atoms with Gasteiger partial charge in [-0.1, -0.05) is 0 Å². The van der Waals surface area contributed by atoms with E-state index in [1.807, 2.05) is 11.0 Å². The number of carbonyl (C=O) groups is 2. The number of rotatable bonds is 1. The highest BCUT2D eigenvalue weighted by Gasteiger charge is 2.22. The van der Waals surface area contributed by atoms with Crippen LogP contribution in [-0.2, 0) is 4.79 Å². The molecule has 1 aromatic carbocycles. The van der Waals surface area contributed by atoms with Crippen LogP contribution in [0.15, 0.2) is 23.1 Å². The van der Waals surface area contributed by atoms with Crippen LogP contribution in [0.2, 0.25) is 0 Å². The van der Waals surface area contributed by atoms with Gasteiger partial charge in [-0.3, -0.25) is 9.59 Å². The zero-order chi connectivity index (χ0) is 14.1. The normalized spacial score (nSPS) is 18.9. The first-order valence-corrected chi connectivity index (χ1v) is 7.94. The van der Waals surface area contributed by atoms with E-state index in [1.165, 1.54) is 0 Å². The number of hydrogen-bond acceptors (Lipinski definition) is 4. The first-order valence-electron chi connectivity index (χ1n) is 6.95. The fraction of sp³-hybridized carbons (Fsp3) is 0.467. The average Bonchev–Trinajstić information content (AvgIpc) is 2.47. The van der Waals surface area contributed by atoms with Crippen molar-refractivity contribution in [1.82, 2.24) is 4.90 Å². The van der Waals surface area contributed by atoms with E-state index in [1.54, 1.807) is 18.7 Å². The Morgan fingerprint density at radius 3 is 2.65 bits per heavy atom. The lowest BCUT2D eigenvalue weighted by Gasteiger charge is -2.36. The highest BCUT2D eigenvalue weighted by Crippen LogP contribution is 2.33. The Morgan fingerprint density at radius 1 is 1.20 bits per heavy atom. The zero-order valence-electron chi connectivity index (χ0n) is 11.6. The van der Waals surface area contributed by atoms with Gasteiger partial charge in [-0.15, -0.1) is 11.8 Å². The number of nitrogens with zero attached hydrogens (tertiary/aromatic N) is 2. The number of piperazine rings is 1. The number of benzene rings is 1. The number of ketones is 1. The quantitative estimate of drug-likeness (QED) is 0.793. The molecule has 1 amide bonds. The molecule has 0 spiro atoms. The van der Waals surface area contributed by atoms with Gasteiger partial charge in [0.1, 0.15) is 0 Å². The third kappa shape index (κ3) is 2.54. The molecule has 0 radical (unpaired) electrons. The Hall–Kier alpha value is -1.49. The molecule has 106 valence electrons. The van der Waals surface area contributed by atoms with Crippen LogP contribution in [0, 0.1) is 0 Å². The maximum atomic E-state index is 12.0. The van der Waals surface area contributed by atoms with Gasteiger partial charge in [-0.25, -0.2) is 0 Å². The summed E-state index contributed by atoms with van der Waals surface area (Å²) in [5, 5.41) is 0. The van der Waals surface area contributed by atoms with Gasteiger partial charge in [0.25, 0.3) is 0 Å². The minimum Gasteiger partial charge on any atom is -0.368 e. The smallest absolute Gasteiger partial charge is 0.219 e. The van der Waals surface area contributed by atoms with Crippen LogP contribution in [0.5, 0.6) is 0 Å². The molecule has 0 aromatic heterocycles. The lowest BCUT2D eigenvalue weighted by molar-refractivity contribution is -0.129. The van der Waals surface area contributed by atoms with Gasteiger partial charge < -0.3 is 9.80 Å². The lowest BCUT2D eigenvalue weighted by atomic mass is 10.1. The SMILES string of the molecule is CC(=O)N1CCN(c2ccc3c(c2)C(=O)CCS3)CC1. The maximum absolute atomic E-state index is 12.0. The van der Waals surface area contributed by atoms with Gasteiger partial charge in [0.2, 0.25) is 5.91 Å². The van der Waals surface area contributed by atoms with Crippen LogP contribution in [0.25, 0.3) is 0 Å². The van der Waals surface area contributed by atoms with Gasteiger partial charge in [0.15, 0.2) is 5.78 Å². The predicted molar refractivity (Wildman–Crippen MR) is 80.6 cm³/mol. The molecular formula is C15H18N2O2S. The van der Waals surface area contributed by atoms with E-state index in [-0.39, 0.29) is 11.7 Å². The van der Waals surface area contributed by atoms with Crippen molar-refractivity contribution in [2.75, 3.05) is 36.8 Å². The zero-order valence-corrected chi connectivity index (χ0v) is 12.4. The van der Waals surface area contributed by atoms with Crippen molar-refractivity contribution >= 4 is 29.1 Å². The van der Waals surface area contributed by atoms with Gasteiger partial charge >= 0.3 is 0 Å². The highest BCUT2D eigenvalue weighted by atomic mass is 32.2. The van der Waals surface area contributed by atoms with Gasteiger partial charge in [-0.05, 0) is 18.2 Å². The molecule has 0 bridgehead atoms. The maximum Gasteiger partial charge on any atom is 0.219 e. The second kappa shape index (κ2) is 5.48. The summed E-state index contributed by atoms with van der Waals surface area (Å²) in [6, 6.07) is 6.17. The van der Waals surface area contributed by atoms with Gasteiger partial charge in [-0.2, -0.15) is 0 Å². The number of anilines is 1. The average molecular weight is 290 g/mol. The third-order valence-electron chi connectivity index (χ3n) is 3.94. The van der Waals surface area contributed by atoms with Crippen molar-refractivity contribution in [2.24, 2.45) is 0 Å². The Labute approximate surface area is 123 Å². The van der Waals surface area contributed by atoms with E-state index in [2.05, 4.69) is 17.0 Å². The summed E-state index contributed by atoms with van der Waals surface area (Å²) < 4.78 is 0. The summed E-state index contributed by atoms with van der Waals surface area (Å²) >= 11 is 1.76. The molecule has 4 nitrogen and oxygen atoms in total. The molecule has 2 aliphatic heterocycles. The summed E-state index contributed by atoms with van der Waals surface area (Å²) in [5.41, 5.74) is 1.97. The summed E-state index contributed by atoms with van der Waals surface area (Å²) in [4.78, 5) is 28.5. The predicted octanol–water partition coefficient (Wildman–Crippen LogP) is 2.03. The molecule has 5 heteroatoms. The second-order valence-corrected chi connectivity index (χ2v) is 6.33. The van der Waals surface area contributed by atoms with E-state index in [0.29, 0.717) is 6.42 Å². The molecule has 3 rings (SSSR count). The van der Waals surface area contributed by atoms with Gasteiger partial charge in [0, 0.05) is 61.4 Å². The van der Waals surface area contributed by atoms with Crippen LogP contribution in [0.4, 0.5) is 5.69 Å². The lowest BCUT2D eigenvalue weighted by Crippen LogP contribution is -2.48. The van der Waals surface area contributed by atoms with Crippen LogP contribution >= 0.6 is 11.8 Å². The topological polar surface area (TPSA) is 40.6 Å². The molecule has 0 atom stereocenters. The van der Waals surface area contributed by atoms with Crippen LogP contribution < -0.4 is 4.90 Å². The number of carbonyl (C=O) groups excluding carboxylic acids is 2. The Kier molecular flexibility index (Phi) is 3.70. The van der Waals surface area contributed by atoms with Crippen LogP contribution in [0.3, 0.4) is 0 Å². The summed E-state index contributed by atoms with van der Waals surface area (Å²) in [6.07, 6.45) is 0.638. The molecule has 0 N–H and O–H groups in total. The minimum absolute atomic E-state index is 0.140. The summed E-state index contributed by atoms with van der Waals surface area (Å²) in [6.45, 7) is 4.80. The fourth-order valence-electron chi connectivity index (χ4n) is 2.73. The number of fused-ring (bicyclic) bond motifs is 1. The number of hydrogen-bond donors (Lipinski definition) is 0.